The molecule has 0 spiro atoms. The van der Waals surface area contributed by atoms with Gasteiger partial charge in [0.2, 0.25) is 11.8 Å². The van der Waals surface area contributed by atoms with Crippen molar-refractivity contribution in [3.8, 4) is 0 Å². The molecule has 0 aromatic carbocycles. The summed E-state index contributed by atoms with van der Waals surface area (Å²) >= 11 is 0. The van der Waals surface area contributed by atoms with Crippen LogP contribution in [0.3, 0.4) is 0 Å². The van der Waals surface area contributed by atoms with Crippen molar-refractivity contribution in [3.63, 3.8) is 0 Å². The number of nitrogens with two attached hydrogens (primary N) is 1. The number of nitrogen functional groups attached to an aromatic ring is 1. The molecule has 1 atom stereocenters. The van der Waals surface area contributed by atoms with Crippen LogP contribution in [0.5, 0.6) is 0 Å². The Morgan fingerprint density at radius 1 is 1.57 bits per heavy atom. The van der Waals surface area contributed by atoms with Crippen molar-refractivity contribution in [1.82, 2.24) is 10.3 Å². The van der Waals surface area contributed by atoms with Crippen LogP contribution in [0.4, 0.5) is 17.3 Å². The Kier molecular flexibility index (Phi) is 3.98. The number of imide groups is 1. The standard InChI is InChI=1S/C11H14N6O4/c1-2-7-11(19)14-10(18)5-16(7)9-4-6(17(20)21)3-8(13-9)15-12/h3-4,7H,2,5,12H2,1H3,(H,13,15)(H,14,18,19). The van der Waals surface area contributed by atoms with E-state index in [1.165, 1.54) is 11.0 Å². The van der Waals surface area contributed by atoms with Crippen LogP contribution in [0.1, 0.15) is 13.3 Å². The van der Waals surface area contributed by atoms with E-state index in [2.05, 4.69) is 15.7 Å². The van der Waals surface area contributed by atoms with E-state index in [9.17, 15) is 19.7 Å². The number of aromatic nitrogens is 1. The second-order valence-corrected chi connectivity index (χ2v) is 4.43. The molecule has 1 aromatic heterocycles. The van der Waals surface area contributed by atoms with E-state index in [-0.39, 0.29) is 23.9 Å². The Bertz CT molecular complexity index is 604. The Morgan fingerprint density at radius 2 is 2.29 bits per heavy atom. The maximum Gasteiger partial charge on any atom is 0.276 e. The average Bonchev–Trinajstić information content (AvgIpc) is 2.45. The summed E-state index contributed by atoms with van der Waals surface area (Å²) in [4.78, 5) is 39.2. The number of nitrogens with one attached hydrogen (secondary N) is 2. The molecule has 21 heavy (non-hydrogen) atoms. The summed E-state index contributed by atoms with van der Waals surface area (Å²) in [5.41, 5.74) is 1.99. The van der Waals surface area contributed by atoms with Gasteiger partial charge < -0.3 is 10.3 Å². The number of hydrogen-bond acceptors (Lipinski definition) is 8. The minimum Gasteiger partial charge on any atom is -0.335 e. The second kappa shape index (κ2) is 5.71. The Morgan fingerprint density at radius 3 is 2.86 bits per heavy atom. The van der Waals surface area contributed by atoms with Gasteiger partial charge in [-0.1, -0.05) is 6.92 Å². The highest BCUT2D eigenvalue weighted by Crippen LogP contribution is 2.26. The Labute approximate surface area is 119 Å². The van der Waals surface area contributed by atoms with Crippen LogP contribution in [-0.4, -0.2) is 34.3 Å². The SMILES string of the molecule is CCC1C(=O)NC(=O)CN1c1cc([N+](=O)[O-])cc(NN)n1. The molecule has 0 bridgehead atoms. The number of nitro groups is 1. The molecule has 2 rings (SSSR count). The highest BCUT2D eigenvalue weighted by molar-refractivity contribution is 6.04. The van der Waals surface area contributed by atoms with Crippen LogP contribution in [0.15, 0.2) is 12.1 Å². The lowest BCUT2D eigenvalue weighted by Gasteiger charge is -2.34. The fourth-order valence-corrected chi connectivity index (χ4v) is 2.14. The van der Waals surface area contributed by atoms with Crippen LogP contribution in [0, 0.1) is 10.1 Å². The number of hydrazine groups is 1. The first-order chi connectivity index (χ1) is 9.96. The van der Waals surface area contributed by atoms with Gasteiger partial charge in [0, 0.05) is 0 Å². The van der Waals surface area contributed by atoms with Crippen LogP contribution >= 0.6 is 0 Å². The lowest BCUT2D eigenvalue weighted by molar-refractivity contribution is -0.384. The third-order valence-corrected chi connectivity index (χ3v) is 3.09. The topological polar surface area (TPSA) is 143 Å². The Balaban J connectivity index is 2.47. The monoisotopic (exact) mass is 294 g/mol. The summed E-state index contributed by atoms with van der Waals surface area (Å²) in [5, 5.41) is 13.2. The molecule has 1 fully saturated rings. The molecule has 4 N–H and O–H groups in total. The number of anilines is 2. The van der Waals surface area contributed by atoms with Gasteiger partial charge in [-0.25, -0.2) is 10.8 Å². The molecule has 0 saturated carbocycles. The third kappa shape index (κ3) is 2.89. The minimum absolute atomic E-state index is 0.0764. The van der Waals surface area contributed by atoms with E-state index in [4.69, 9.17) is 5.84 Å². The molecule has 2 amide bonds. The highest BCUT2D eigenvalue weighted by Gasteiger charge is 2.34. The number of pyridine rings is 1. The highest BCUT2D eigenvalue weighted by atomic mass is 16.6. The van der Waals surface area contributed by atoms with Gasteiger partial charge in [-0.3, -0.25) is 25.0 Å². The van der Waals surface area contributed by atoms with Crippen LogP contribution in [0.25, 0.3) is 0 Å². The third-order valence-electron chi connectivity index (χ3n) is 3.09. The van der Waals surface area contributed by atoms with Gasteiger partial charge >= 0.3 is 0 Å². The maximum atomic E-state index is 11.8. The van der Waals surface area contributed by atoms with Crippen molar-refractivity contribution in [3.05, 3.63) is 22.2 Å². The first kappa shape index (κ1) is 14.7. The fraction of sp³-hybridized carbons (Fsp3) is 0.364. The zero-order valence-corrected chi connectivity index (χ0v) is 11.2. The van der Waals surface area contributed by atoms with Crippen molar-refractivity contribution in [2.24, 2.45) is 5.84 Å². The van der Waals surface area contributed by atoms with Crippen LogP contribution < -0.4 is 21.5 Å². The summed E-state index contributed by atoms with van der Waals surface area (Å²) in [7, 11) is 0. The summed E-state index contributed by atoms with van der Waals surface area (Å²) < 4.78 is 0. The molecule has 10 nitrogen and oxygen atoms in total. The minimum atomic E-state index is -0.622. The Hall–Kier alpha value is -2.75. The molecular weight excluding hydrogens is 280 g/mol. The van der Waals surface area contributed by atoms with Crippen molar-refractivity contribution < 1.29 is 14.5 Å². The van der Waals surface area contributed by atoms with Gasteiger partial charge in [0.05, 0.1) is 23.6 Å². The van der Waals surface area contributed by atoms with Gasteiger partial charge in [-0.05, 0) is 6.42 Å². The van der Waals surface area contributed by atoms with E-state index in [0.29, 0.717) is 6.42 Å². The first-order valence-corrected chi connectivity index (χ1v) is 6.19. The predicted octanol–water partition coefficient (Wildman–Crippen LogP) is -0.483. The molecule has 10 heteroatoms. The van der Waals surface area contributed by atoms with Crippen molar-refractivity contribution in [2.45, 2.75) is 19.4 Å². The second-order valence-electron chi connectivity index (χ2n) is 4.43. The lowest BCUT2D eigenvalue weighted by Crippen LogP contribution is -2.58. The summed E-state index contributed by atoms with van der Waals surface area (Å²) in [6, 6.07) is 1.74. The smallest absolute Gasteiger partial charge is 0.276 e. The normalized spacial score (nSPS) is 18.4. The average molecular weight is 294 g/mol. The van der Waals surface area contributed by atoms with E-state index >= 15 is 0 Å². The van der Waals surface area contributed by atoms with Crippen LogP contribution in [0.2, 0.25) is 0 Å². The number of piperazine rings is 1. The van der Waals surface area contributed by atoms with E-state index in [0.717, 1.165) is 6.07 Å². The molecule has 112 valence electrons. The molecule has 1 saturated heterocycles. The molecule has 1 aromatic rings. The van der Waals surface area contributed by atoms with Gasteiger partial charge in [0.15, 0.2) is 0 Å². The molecule has 1 aliphatic heterocycles. The first-order valence-electron chi connectivity index (χ1n) is 6.19. The van der Waals surface area contributed by atoms with Gasteiger partial charge in [-0.2, -0.15) is 0 Å². The van der Waals surface area contributed by atoms with Crippen LogP contribution in [-0.2, 0) is 9.59 Å². The van der Waals surface area contributed by atoms with E-state index in [1.807, 2.05) is 0 Å². The predicted molar refractivity (Wildman–Crippen MR) is 73.3 cm³/mol. The van der Waals surface area contributed by atoms with Gasteiger partial charge in [-0.15, -0.1) is 0 Å². The molecule has 0 radical (unpaired) electrons. The van der Waals surface area contributed by atoms with E-state index in [1.54, 1.807) is 6.92 Å². The summed E-state index contributed by atoms with van der Waals surface area (Å²) in [5.74, 6) is 4.52. The van der Waals surface area contributed by atoms with Crippen molar-refractivity contribution >= 4 is 29.1 Å². The number of amides is 2. The zero-order chi connectivity index (χ0) is 15.6. The molecule has 1 unspecified atom stereocenters. The molecule has 1 aliphatic rings. The fourth-order valence-electron chi connectivity index (χ4n) is 2.14. The number of rotatable bonds is 4. The number of nitrogens with zero attached hydrogens (tertiary/aromatic N) is 3. The molecule has 2 heterocycles. The van der Waals surface area contributed by atoms with Gasteiger partial charge in [0.25, 0.3) is 5.69 Å². The largest absolute Gasteiger partial charge is 0.335 e. The zero-order valence-electron chi connectivity index (χ0n) is 11.2. The van der Waals surface area contributed by atoms with Crippen molar-refractivity contribution in [2.75, 3.05) is 16.9 Å². The maximum absolute atomic E-state index is 11.8. The van der Waals surface area contributed by atoms with Crippen molar-refractivity contribution in [1.29, 1.82) is 0 Å². The summed E-state index contributed by atoms with van der Waals surface area (Å²) in [6.07, 6.45) is 0.425. The summed E-state index contributed by atoms with van der Waals surface area (Å²) in [6.45, 7) is 1.66. The lowest BCUT2D eigenvalue weighted by atomic mass is 10.1. The van der Waals surface area contributed by atoms with Gasteiger partial charge in [0.1, 0.15) is 17.7 Å². The number of hydrogen-bond donors (Lipinski definition) is 3. The molecular formula is C11H14N6O4. The number of carbonyl (C=O) groups excluding carboxylic acids is 2. The number of carbonyl (C=O) groups is 2. The molecule has 0 aliphatic carbocycles. The van der Waals surface area contributed by atoms with E-state index < -0.39 is 22.8 Å². The quantitative estimate of drug-likeness (QED) is 0.292.